The van der Waals surface area contributed by atoms with Gasteiger partial charge in [0.25, 0.3) is 0 Å². The number of piperazine rings is 1. The van der Waals surface area contributed by atoms with Crippen molar-refractivity contribution in [3.05, 3.63) is 47.8 Å². The molecule has 0 saturated carbocycles. The van der Waals surface area contributed by atoms with Crippen LogP contribution in [0.25, 0.3) is 0 Å². The van der Waals surface area contributed by atoms with Crippen molar-refractivity contribution in [3.63, 3.8) is 0 Å². The minimum Gasteiger partial charge on any atom is -0.369 e. The Morgan fingerprint density at radius 2 is 1.74 bits per heavy atom. The number of benzene rings is 1. The Kier molecular flexibility index (Phi) is 5.32. The van der Waals surface area contributed by atoms with E-state index in [1.807, 2.05) is 6.07 Å². The van der Waals surface area contributed by atoms with Gasteiger partial charge in [0.2, 0.25) is 10.0 Å². The molecule has 2 aromatic rings. The average molecular weight is 351 g/mol. The van der Waals surface area contributed by atoms with Gasteiger partial charge in [0, 0.05) is 45.0 Å². The SMILES string of the molecule is O=S(=O)(NCCN1CCN(c2ccccc2)CC1)c1cccs1. The monoisotopic (exact) mass is 351 g/mol. The molecule has 1 aliphatic heterocycles. The number of sulfonamides is 1. The van der Waals surface area contributed by atoms with Crippen LogP contribution in [0, 0.1) is 0 Å². The van der Waals surface area contributed by atoms with Crippen molar-refractivity contribution in [2.45, 2.75) is 4.21 Å². The minimum absolute atomic E-state index is 0.381. The Morgan fingerprint density at radius 1 is 1.00 bits per heavy atom. The molecule has 1 fully saturated rings. The van der Waals surface area contributed by atoms with Crippen LogP contribution in [0.1, 0.15) is 0 Å². The molecule has 3 rings (SSSR count). The molecule has 1 aliphatic rings. The standard InChI is InChI=1S/C16H21N3O2S2/c20-23(21,16-7-4-14-22-16)17-8-9-18-10-12-19(13-11-18)15-5-2-1-3-6-15/h1-7,14,17H,8-13H2. The Labute approximate surface area is 141 Å². The van der Waals surface area contributed by atoms with Gasteiger partial charge in [-0.3, -0.25) is 4.90 Å². The highest BCUT2D eigenvalue weighted by atomic mass is 32.2. The van der Waals surface area contributed by atoms with E-state index >= 15 is 0 Å². The summed E-state index contributed by atoms with van der Waals surface area (Å²) in [5, 5.41) is 1.78. The van der Waals surface area contributed by atoms with Gasteiger partial charge in [-0.2, -0.15) is 0 Å². The van der Waals surface area contributed by atoms with Gasteiger partial charge in [0.15, 0.2) is 0 Å². The maximum Gasteiger partial charge on any atom is 0.250 e. The maximum absolute atomic E-state index is 12.0. The van der Waals surface area contributed by atoms with Crippen LogP contribution in [-0.2, 0) is 10.0 Å². The summed E-state index contributed by atoms with van der Waals surface area (Å²) in [5.41, 5.74) is 1.26. The van der Waals surface area contributed by atoms with Crippen LogP contribution in [0.5, 0.6) is 0 Å². The molecule has 0 radical (unpaired) electrons. The van der Waals surface area contributed by atoms with Crippen LogP contribution in [0.3, 0.4) is 0 Å². The summed E-state index contributed by atoms with van der Waals surface area (Å²) in [6.45, 7) is 5.05. The molecular formula is C16H21N3O2S2. The Bertz CT molecular complexity index is 694. The van der Waals surface area contributed by atoms with E-state index in [9.17, 15) is 8.42 Å². The molecule has 0 amide bonds. The fourth-order valence-corrected chi connectivity index (χ4v) is 4.75. The second-order valence-corrected chi connectivity index (χ2v) is 8.44. The number of para-hydroxylation sites is 1. The van der Waals surface area contributed by atoms with Crippen molar-refractivity contribution in [1.82, 2.24) is 9.62 Å². The number of rotatable bonds is 6. The highest BCUT2D eigenvalue weighted by Crippen LogP contribution is 2.16. The Hall–Kier alpha value is -1.41. The number of nitrogens with zero attached hydrogens (tertiary/aromatic N) is 2. The lowest BCUT2D eigenvalue weighted by Crippen LogP contribution is -2.48. The Morgan fingerprint density at radius 3 is 2.39 bits per heavy atom. The third-order valence-electron chi connectivity index (χ3n) is 3.97. The molecule has 5 nitrogen and oxygen atoms in total. The summed E-state index contributed by atoms with van der Waals surface area (Å²) >= 11 is 1.24. The van der Waals surface area contributed by atoms with Crippen molar-refractivity contribution in [2.75, 3.05) is 44.2 Å². The normalized spacial score (nSPS) is 16.6. The van der Waals surface area contributed by atoms with Crippen LogP contribution in [0.15, 0.2) is 52.1 Å². The molecule has 0 spiro atoms. The summed E-state index contributed by atoms with van der Waals surface area (Å²) in [5.74, 6) is 0. The molecule has 1 saturated heterocycles. The summed E-state index contributed by atoms with van der Waals surface area (Å²) in [4.78, 5) is 4.67. The number of nitrogens with one attached hydrogen (secondary N) is 1. The molecule has 2 heterocycles. The van der Waals surface area contributed by atoms with E-state index in [1.54, 1.807) is 17.5 Å². The molecule has 0 bridgehead atoms. The first-order valence-electron chi connectivity index (χ1n) is 7.71. The molecule has 7 heteroatoms. The second kappa shape index (κ2) is 7.44. The largest absolute Gasteiger partial charge is 0.369 e. The number of hydrogen-bond donors (Lipinski definition) is 1. The topological polar surface area (TPSA) is 52.7 Å². The van der Waals surface area contributed by atoms with Gasteiger partial charge in [-0.1, -0.05) is 24.3 Å². The summed E-state index contributed by atoms with van der Waals surface area (Å²) in [7, 11) is -3.34. The molecule has 1 N–H and O–H groups in total. The first-order valence-corrected chi connectivity index (χ1v) is 10.1. The minimum atomic E-state index is -3.34. The van der Waals surface area contributed by atoms with E-state index < -0.39 is 10.0 Å². The molecule has 1 aromatic carbocycles. The fraction of sp³-hybridized carbons (Fsp3) is 0.375. The van der Waals surface area contributed by atoms with Crippen LogP contribution < -0.4 is 9.62 Å². The van der Waals surface area contributed by atoms with Crippen LogP contribution in [0.2, 0.25) is 0 Å². The van der Waals surface area contributed by atoms with E-state index in [4.69, 9.17) is 0 Å². The van der Waals surface area contributed by atoms with E-state index in [-0.39, 0.29) is 0 Å². The van der Waals surface area contributed by atoms with E-state index in [0.717, 1.165) is 32.7 Å². The third kappa shape index (κ3) is 4.32. The van der Waals surface area contributed by atoms with Gasteiger partial charge < -0.3 is 4.90 Å². The van der Waals surface area contributed by atoms with Crippen LogP contribution in [-0.4, -0.2) is 52.6 Å². The first kappa shape index (κ1) is 16.4. The number of hydrogen-bond acceptors (Lipinski definition) is 5. The lowest BCUT2D eigenvalue weighted by molar-refractivity contribution is 0.262. The second-order valence-electron chi connectivity index (χ2n) is 5.49. The van der Waals surface area contributed by atoms with Gasteiger partial charge >= 0.3 is 0 Å². The van der Waals surface area contributed by atoms with Crippen molar-refractivity contribution < 1.29 is 8.42 Å². The van der Waals surface area contributed by atoms with Crippen LogP contribution in [0.4, 0.5) is 5.69 Å². The van der Waals surface area contributed by atoms with Crippen molar-refractivity contribution in [2.24, 2.45) is 0 Å². The zero-order valence-corrected chi connectivity index (χ0v) is 14.5. The average Bonchev–Trinajstić information content (AvgIpc) is 3.12. The molecule has 0 aliphatic carbocycles. The molecule has 1 aromatic heterocycles. The first-order chi connectivity index (χ1) is 11.1. The fourth-order valence-electron chi connectivity index (χ4n) is 2.69. The van der Waals surface area contributed by atoms with E-state index in [1.165, 1.54) is 17.0 Å². The van der Waals surface area contributed by atoms with Gasteiger partial charge in [-0.15, -0.1) is 11.3 Å². The zero-order valence-electron chi connectivity index (χ0n) is 12.9. The van der Waals surface area contributed by atoms with E-state index in [0.29, 0.717) is 10.8 Å². The predicted molar refractivity (Wildman–Crippen MR) is 94.6 cm³/mol. The molecule has 23 heavy (non-hydrogen) atoms. The molecule has 124 valence electrons. The lowest BCUT2D eigenvalue weighted by Gasteiger charge is -2.36. The quantitative estimate of drug-likeness (QED) is 0.863. The van der Waals surface area contributed by atoms with Gasteiger partial charge in [-0.25, -0.2) is 13.1 Å². The highest BCUT2D eigenvalue weighted by Gasteiger charge is 2.18. The van der Waals surface area contributed by atoms with E-state index in [2.05, 4.69) is 38.8 Å². The van der Waals surface area contributed by atoms with Gasteiger partial charge in [-0.05, 0) is 23.6 Å². The number of thiophene rings is 1. The summed E-state index contributed by atoms with van der Waals surface area (Å²) < 4.78 is 27.1. The van der Waals surface area contributed by atoms with Gasteiger partial charge in [0.1, 0.15) is 4.21 Å². The Balaban J connectivity index is 1.43. The summed E-state index contributed by atoms with van der Waals surface area (Å²) in [6, 6.07) is 13.8. The lowest BCUT2D eigenvalue weighted by atomic mass is 10.2. The van der Waals surface area contributed by atoms with Gasteiger partial charge in [0.05, 0.1) is 0 Å². The maximum atomic E-state index is 12.0. The highest BCUT2D eigenvalue weighted by molar-refractivity contribution is 7.91. The third-order valence-corrected chi connectivity index (χ3v) is 6.83. The predicted octanol–water partition coefficient (Wildman–Crippen LogP) is 1.85. The zero-order chi connectivity index (χ0) is 16.1. The van der Waals surface area contributed by atoms with Crippen LogP contribution >= 0.6 is 11.3 Å². The molecular weight excluding hydrogens is 330 g/mol. The molecule has 0 unspecified atom stereocenters. The van der Waals surface area contributed by atoms with Crippen molar-refractivity contribution in [1.29, 1.82) is 0 Å². The molecule has 0 atom stereocenters. The number of anilines is 1. The van der Waals surface area contributed by atoms with Crippen molar-refractivity contribution >= 4 is 27.0 Å². The summed E-state index contributed by atoms with van der Waals surface area (Å²) in [6.07, 6.45) is 0. The smallest absolute Gasteiger partial charge is 0.250 e. The van der Waals surface area contributed by atoms with Crippen molar-refractivity contribution in [3.8, 4) is 0 Å².